The Balaban J connectivity index is 2.31. The number of hydrogen-bond donors (Lipinski definition) is 2. The average molecular weight is 229 g/mol. The summed E-state index contributed by atoms with van der Waals surface area (Å²) in [6, 6.07) is 1.92. The molecule has 0 aromatic carbocycles. The fraction of sp³-hybridized carbons (Fsp3) is 0.375. The van der Waals surface area contributed by atoms with Crippen LogP contribution >= 0.6 is 15.9 Å². The highest BCUT2D eigenvalue weighted by atomic mass is 79.9. The topological polar surface area (TPSA) is 45.2 Å². The van der Waals surface area contributed by atoms with Crippen LogP contribution in [0.1, 0.15) is 18.2 Å². The number of nitrogens with zero attached hydrogens (tertiary/aromatic N) is 1. The lowest BCUT2D eigenvalue weighted by atomic mass is 10.0. The van der Waals surface area contributed by atoms with Crippen molar-refractivity contribution < 1.29 is 5.11 Å². The van der Waals surface area contributed by atoms with E-state index in [0.717, 1.165) is 23.1 Å². The second-order valence-electron chi connectivity index (χ2n) is 2.85. The van der Waals surface area contributed by atoms with E-state index >= 15 is 0 Å². The molecule has 0 radical (unpaired) electrons. The molecule has 64 valence electrons. The number of nitrogens with one attached hydrogen (secondary N) is 1. The molecular formula is C8H9BrN2O. The van der Waals surface area contributed by atoms with Crippen molar-refractivity contribution in [3.63, 3.8) is 0 Å². The van der Waals surface area contributed by atoms with E-state index in [4.69, 9.17) is 0 Å². The van der Waals surface area contributed by atoms with E-state index in [2.05, 4.69) is 26.2 Å². The van der Waals surface area contributed by atoms with Crippen LogP contribution in [0, 0.1) is 0 Å². The number of aromatic hydroxyl groups is 1. The Morgan fingerprint density at radius 3 is 2.92 bits per heavy atom. The smallest absolute Gasteiger partial charge is 0.139 e. The molecule has 3 nitrogen and oxygen atoms in total. The van der Waals surface area contributed by atoms with Crippen molar-refractivity contribution in [1.82, 2.24) is 10.3 Å². The maximum absolute atomic E-state index is 9.49. The van der Waals surface area contributed by atoms with Gasteiger partial charge in [0.15, 0.2) is 0 Å². The fourth-order valence-electron chi connectivity index (χ4n) is 1.23. The second-order valence-corrected chi connectivity index (χ2v) is 3.77. The Bertz CT molecular complexity index is 299. The molecule has 0 bridgehead atoms. The summed E-state index contributed by atoms with van der Waals surface area (Å²) in [5, 5.41) is 12.7. The third-order valence-corrected chi connectivity index (χ3v) is 2.45. The van der Waals surface area contributed by atoms with Crippen molar-refractivity contribution in [2.24, 2.45) is 0 Å². The number of pyridine rings is 1. The van der Waals surface area contributed by atoms with Crippen LogP contribution in [0.5, 0.6) is 5.75 Å². The van der Waals surface area contributed by atoms with Crippen LogP contribution in [0.2, 0.25) is 0 Å². The zero-order chi connectivity index (χ0) is 8.55. The minimum absolute atomic E-state index is 0.248. The van der Waals surface area contributed by atoms with Crippen molar-refractivity contribution >= 4 is 15.9 Å². The molecule has 1 fully saturated rings. The quantitative estimate of drug-likeness (QED) is 0.768. The van der Waals surface area contributed by atoms with Gasteiger partial charge in [-0.3, -0.25) is 4.98 Å². The van der Waals surface area contributed by atoms with Gasteiger partial charge in [0.05, 0.1) is 11.7 Å². The van der Waals surface area contributed by atoms with Crippen LogP contribution in [-0.2, 0) is 0 Å². The molecule has 12 heavy (non-hydrogen) atoms. The van der Waals surface area contributed by atoms with Crippen molar-refractivity contribution in [2.45, 2.75) is 12.5 Å². The van der Waals surface area contributed by atoms with Crippen LogP contribution in [0.15, 0.2) is 16.7 Å². The summed E-state index contributed by atoms with van der Waals surface area (Å²) in [7, 11) is 0. The summed E-state index contributed by atoms with van der Waals surface area (Å²) in [5.74, 6) is 0.265. The minimum Gasteiger partial charge on any atom is -0.506 e. The maximum atomic E-state index is 9.49. The fourth-order valence-corrected chi connectivity index (χ4v) is 1.55. The summed E-state index contributed by atoms with van der Waals surface area (Å²) in [6.07, 6.45) is 2.76. The third kappa shape index (κ3) is 1.32. The highest BCUT2D eigenvalue weighted by Crippen LogP contribution is 2.29. The lowest BCUT2D eigenvalue weighted by molar-refractivity contribution is 0.355. The lowest BCUT2D eigenvalue weighted by Crippen LogP contribution is -2.35. The molecule has 1 aromatic heterocycles. The van der Waals surface area contributed by atoms with Crippen LogP contribution in [-0.4, -0.2) is 16.6 Å². The van der Waals surface area contributed by atoms with Crippen LogP contribution in [0.3, 0.4) is 0 Å². The van der Waals surface area contributed by atoms with Crippen LogP contribution in [0.25, 0.3) is 0 Å². The first-order valence-corrected chi connectivity index (χ1v) is 4.64. The Morgan fingerprint density at radius 1 is 1.67 bits per heavy atom. The van der Waals surface area contributed by atoms with E-state index in [9.17, 15) is 5.11 Å². The Morgan fingerprint density at radius 2 is 2.42 bits per heavy atom. The van der Waals surface area contributed by atoms with E-state index in [1.807, 2.05) is 0 Å². The summed E-state index contributed by atoms with van der Waals surface area (Å²) < 4.78 is 0.808. The third-order valence-electron chi connectivity index (χ3n) is 2.02. The molecule has 1 saturated heterocycles. The van der Waals surface area contributed by atoms with E-state index in [1.54, 1.807) is 12.3 Å². The van der Waals surface area contributed by atoms with Gasteiger partial charge in [-0.25, -0.2) is 0 Å². The van der Waals surface area contributed by atoms with E-state index < -0.39 is 0 Å². The molecule has 1 aliphatic heterocycles. The van der Waals surface area contributed by atoms with Crippen molar-refractivity contribution in [2.75, 3.05) is 6.54 Å². The van der Waals surface area contributed by atoms with Gasteiger partial charge in [0.1, 0.15) is 5.75 Å². The van der Waals surface area contributed by atoms with Crippen LogP contribution in [0.4, 0.5) is 0 Å². The van der Waals surface area contributed by atoms with Gasteiger partial charge in [0.25, 0.3) is 0 Å². The van der Waals surface area contributed by atoms with Gasteiger partial charge in [-0.1, -0.05) is 0 Å². The summed E-state index contributed by atoms with van der Waals surface area (Å²) in [6.45, 7) is 1.02. The molecule has 2 N–H and O–H groups in total. The first-order chi connectivity index (χ1) is 5.77. The van der Waals surface area contributed by atoms with E-state index in [0.29, 0.717) is 0 Å². The summed E-state index contributed by atoms with van der Waals surface area (Å²) >= 11 is 3.24. The molecule has 2 heterocycles. The van der Waals surface area contributed by atoms with Crippen molar-refractivity contribution in [3.05, 3.63) is 22.4 Å². The van der Waals surface area contributed by atoms with Gasteiger partial charge in [-0.15, -0.1) is 0 Å². The number of halogens is 1. The zero-order valence-corrected chi connectivity index (χ0v) is 8.00. The molecule has 0 saturated carbocycles. The van der Waals surface area contributed by atoms with Gasteiger partial charge in [0, 0.05) is 10.7 Å². The highest BCUT2D eigenvalue weighted by Gasteiger charge is 2.22. The summed E-state index contributed by atoms with van der Waals surface area (Å²) in [4.78, 5) is 4.14. The van der Waals surface area contributed by atoms with E-state index in [-0.39, 0.29) is 11.8 Å². The minimum atomic E-state index is 0.248. The van der Waals surface area contributed by atoms with Gasteiger partial charge >= 0.3 is 0 Å². The van der Waals surface area contributed by atoms with Crippen molar-refractivity contribution in [3.8, 4) is 5.75 Å². The SMILES string of the molecule is Oc1cc(Br)cnc1[C@@H]1CCN1. The molecule has 0 aliphatic carbocycles. The van der Waals surface area contributed by atoms with Gasteiger partial charge in [0.2, 0.25) is 0 Å². The number of rotatable bonds is 1. The maximum Gasteiger partial charge on any atom is 0.139 e. The molecule has 1 aliphatic rings. The predicted octanol–water partition coefficient (Wildman–Crippen LogP) is 1.58. The predicted molar refractivity (Wildman–Crippen MR) is 49.0 cm³/mol. The van der Waals surface area contributed by atoms with Crippen molar-refractivity contribution in [1.29, 1.82) is 0 Å². The monoisotopic (exact) mass is 228 g/mol. The molecule has 0 unspecified atom stereocenters. The van der Waals surface area contributed by atoms with Gasteiger partial charge in [-0.2, -0.15) is 0 Å². The largest absolute Gasteiger partial charge is 0.506 e. The Kier molecular flexibility index (Phi) is 2.02. The average Bonchev–Trinajstić information content (AvgIpc) is 1.91. The standard InChI is InChI=1S/C8H9BrN2O/c9-5-3-7(12)8(11-4-5)6-1-2-10-6/h3-4,6,10,12H,1-2H2/t6-/m0/s1. The molecule has 2 rings (SSSR count). The molecular weight excluding hydrogens is 220 g/mol. The number of hydrogen-bond acceptors (Lipinski definition) is 3. The van der Waals surface area contributed by atoms with E-state index in [1.165, 1.54) is 0 Å². The first kappa shape index (κ1) is 8.01. The Hall–Kier alpha value is -0.610. The molecule has 0 spiro atoms. The van der Waals surface area contributed by atoms with Crippen LogP contribution < -0.4 is 5.32 Å². The normalized spacial score (nSPS) is 21.9. The zero-order valence-electron chi connectivity index (χ0n) is 6.42. The molecule has 4 heteroatoms. The molecule has 0 amide bonds. The molecule has 1 atom stereocenters. The Labute approximate surface area is 79.0 Å². The van der Waals surface area contributed by atoms with Gasteiger partial charge < -0.3 is 10.4 Å². The second kappa shape index (κ2) is 3.03. The summed E-state index contributed by atoms with van der Waals surface area (Å²) in [5.41, 5.74) is 0.754. The lowest BCUT2D eigenvalue weighted by Gasteiger charge is -2.27. The highest BCUT2D eigenvalue weighted by molar-refractivity contribution is 9.10. The molecule has 1 aromatic rings. The number of aromatic nitrogens is 1. The first-order valence-electron chi connectivity index (χ1n) is 3.85. The van der Waals surface area contributed by atoms with Gasteiger partial charge in [-0.05, 0) is 35.0 Å².